The van der Waals surface area contributed by atoms with E-state index in [4.69, 9.17) is 0 Å². The summed E-state index contributed by atoms with van der Waals surface area (Å²) in [7, 11) is 0. The van der Waals surface area contributed by atoms with Crippen molar-refractivity contribution in [3.05, 3.63) is 91.0 Å². The van der Waals surface area contributed by atoms with Crippen molar-refractivity contribution in [2.24, 2.45) is 0 Å². The summed E-state index contributed by atoms with van der Waals surface area (Å²) in [5, 5.41) is 3.18. The lowest BCUT2D eigenvalue weighted by Gasteiger charge is -2.08. The Kier molecular flexibility index (Phi) is 4.35. The number of nitrogens with zero attached hydrogens (tertiary/aromatic N) is 3. The fourth-order valence-corrected chi connectivity index (χ4v) is 2.60. The topological polar surface area (TPSA) is 50.7 Å². The number of hydrogen-bond donors (Lipinski definition) is 1. The van der Waals surface area contributed by atoms with Gasteiger partial charge in [-0.15, -0.1) is 0 Å². The second-order valence-electron chi connectivity index (χ2n) is 5.69. The zero-order valence-corrected chi connectivity index (χ0v) is 13.8. The van der Waals surface area contributed by atoms with E-state index in [-0.39, 0.29) is 5.82 Å². The van der Waals surface area contributed by atoms with Gasteiger partial charge in [0.1, 0.15) is 17.5 Å². The molecule has 0 spiro atoms. The van der Waals surface area contributed by atoms with Gasteiger partial charge in [0, 0.05) is 18.0 Å². The summed E-state index contributed by atoms with van der Waals surface area (Å²) in [6, 6.07) is 21.6. The molecule has 0 fully saturated rings. The number of anilines is 2. The minimum absolute atomic E-state index is 0.264. The minimum atomic E-state index is -0.264. The maximum Gasteiger partial charge on any atom is 0.132 e. The summed E-state index contributed by atoms with van der Waals surface area (Å²) in [6.07, 6.45) is 3.45. The van der Waals surface area contributed by atoms with Crippen molar-refractivity contribution in [3.8, 4) is 22.5 Å². The quantitative estimate of drug-likeness (QED) is 0.561. The largest absolute Gasteiger partial charge is 0.325 e. The normalized spacial score (nSPS) is 10.5. The molecule has 0 bridgehead atoms. The molecule has 1 N–H and O–H groups in total. The van der Waals surface area contributed by atoms with Gasteiger partial charge in [-0.2, -0.15) is 0 Å². The first-order chi connectivity index (χ1) is 12.8. The molecule has 0 aliphatic carbocycles. The predicted octanol–water partition coefficient (Wildman–Crippen LogP) is 5.09. The molecule has 0 radical (unpaired) electrons. The number of aromatic nitrogens is 3. The third-order valence-electron chi connectivity index (χ3n) is 3.85. The van der Waals surface area contributed by atoms with Gasteiger partial charge in [0.25, 0.3) is 0 Å². The van der Waals surface area contributed by atoms with Crippen molar-refractivity contribution in [3.63, 3.8) is 0 Å². The van der Waals surface area contributed by atoms with E-state index in [0.29, 0.717) is 11.6 Å². The smallest absolute Gasteiger partial charge is 0.132 e. The summed E-state index contributed by atoms with van der Waals surface area (Å²) in [4.78, 5) is 13.3. The van der Waals surface area contributed by atoms with Crippen LogP contribution in [0.5, 0.6) is 0 Å². The number of pyridine rings is 3. The molecule has 0 saturated carbocycles. The first-order valence-corrected chi connectivity index (χ1v) is 8.15. The molecular formula is C21H15FN4. The van der Waals surface area contributed by atoms with Crippen molar-refractivity contribution in [1.29, 1.82) is 0 Å². The van der Waals surface area contributed by atoms with Gasteiger partial charge >= 0.3 is 0 Å². The summed E-state index contributed by atoms with van der Waals surface area (Å²) in [5.74, 6) is 1.08. The van der Waals surface area contributed by atoms with Crippen LogP contribution in [0.4, 0.5) is 16.0 Å². The molecule has 4 aromatic rings. The lowest BCUT2D eigenvalue weighted by atomic mass is 10.1. The van der Waals surface area contributed by atoms with E-state index in [2.05, 4.69) is 20.3 Å². The second-order valence-corrected chi connectivity index (χ2v) is 5.69. The third-order valence-corrected chi connectivity index (χ3v) is 3.85. The van der Waals surface area contributed by atoms with Crippen LogP contribution in [0, 0.1) is 5.82 Å². The average Bonchev–Trinajstić information content (AvgIpc) is 2.69. The highest BCUT2D eigenvalue weighted by molar-refractivity contribution is 5.65. The van der Waals surface area contributed by atoms with E-state index >= 15 is 0 Å². The fraction of sp³-hybridized carbons (Fsp3) is 0. The molecule has 0 aliphatic rings. The predicted molar refractivity (Wildman–Crippen MR) is 100 cm³/mol. The number of nitrogens with one attached hydrogen (secondary N) is 1. The molecule has 0 amide bonds. The van der Waals surface area contributed by atoms with Crippen LogP contribution in [-0.4, -0.2) is 15.0 Å². The van der Waals surface area contributed by atoms with Crippen LogP contribution in [0.3, 0.4) is 0 Å². The molecule has 5 heteroatoms. The van der Waals surface area contributed by atoms with Gasteiger partial charge in [-0.3, -0.25) is 4.98 Å². The molecule has 1 aromatic carbocycles. The Morgan fingerprint density at radius 1 is 0.692 bits per heavy atom. The molecule has 3 heterocycles. The highest BCUT2D eigenvalue weighted by Crippen LogP contribution is 2.22. The lowest BCUT2D eigenvalue weighted by Crippen LogP contribution is -1.97. The van der Waals surface area contributed by atoms with Crippen LogP contribution in [0.15, 0.2) is 85.2 Å². The zero-order valence-electron chi connectivity index (χ0n) is 13.8. The van der Waals surface area contributed by atoms with Crippen LogP contribution in [-0.2, 0) is 0 Å². The maximum absolute atomic E-state index is 13.4. The molecule has 4 nitrogen and oxygen atoms in total. The highest BCUT2D eigenvalue weighted by Gasteiger charge is 2.04. The van der Waals surface area contributed by atoms with E-state index < -0.39 is 0 Å². The first kappa shape index (κ1) is 15.9. The van der Waals surface area contributed by atoms with Gasteiger partial charge in [0.15, 0.2) is 0 Å². The second kappa shape index (κ2) is 7.11. The molecule has 26 heavy (non-hydrogen) atoms. The lowest BCUT2D eigenvalue weighted by molar-refractivity contribution is 0.628. The summed E-state index contributed by atoms with van der Waals surface area (Å²) in [5.41, 5.74) is 3.24. The standard InChI is InChI=1S/C21H15FN4/c22-17-6-3-5-15(13-17)16-10-11-20(24-14-16)26-21-9-4-8-19(25-21)18-7-1-2-12-23-18/h1-14H,(H,24,25,26). The zero-order chi connectivity index (χ0) is 17.8. The van der Waals surface area contributed by atoms with E-state index in [0.717, 1.165) is 22.5 Å². The Bertz CT molecular complexity index is 1020. The Morgan fingerprint density at radius 2 is 1.58 bits per heavy atom. The summed E-state index contributed by atoms with van der Waals surface area (Å²) >= 11 is 0. The summed E-state index contributed by atoms with van der Waals surface area (Å²) in [6.45, 7) is 0. The number of hydrogen-bond acceptors (Lipinski definition) is 4. The van der Waals surface area contributed by atoms with Gasteiger partial charge in [0.2, 0.25) is 0 Å². The maximum atomic E-state index is 13.4. The highest BCUT2D eigenvalue weighted by atomic mass is 19.1. The van der Waals surface area contributed by atoms with Crippen LogP contribution in [0.1, 0.15) is 0 Å². The SMILES string of the molecule is Fc1cccc(-c2ccc(Nc3cccc(-c4ccccn4)n3)nc2)c1. The van der Waals surface area contributed by atoms with Crippen molar-refractivity contribution >= 4 is 11.6 Å². The molecule has 0 aliphatic heterocycles. The van der Waals surface area contributed by atoms with E-state index in [1.165, 1.54) is 12.1 Å². The van der Waals surface area contributed by atoms with Gasteiger partial charge in [-0.1, -0.05) is 24.3 Å². The van der Waals surface area contributed by atoms with Crippen molar-refractivity contribution in [2.45, 2.75) is 0 Å². The van der Waals surface area contributed by atoms with Gasteiger partial charge in [-0.05, 0) is 54.1 Å². The molecular weight excluding hydrogens is 327 g/mol. The van der Waals surface area contributed by atoms with Crippen molar-refractivity contribution in [1.82, 2.24) is 15.0 Å². The molecule has 3 aromatic heterocycles. The van der Waals surface area contributed by atoms with Crippen molar-refractivity contribution < 1.29 is 4.39 Å². The molecule has 126 valence electrons. The van der Waals surface area contributed by atoms with Crippen LogP contribution >= 0.6 is 0 Å². The average molecular weight is 342 g/mol. The van der Waals surface area contributed by atoms with E-state index in [1.54, 1.807) is 18.5 Å². The first-order valence-electron chi connectivity index (χ1n) is 8.15. The van der Waals surface area contributed by atoms with Crippen LogP contribution < -0.4 is 5.32 Å². The molecule has 4 rings (SSSR count). The van der Waals surface area contributed by atoms with Gasteiger partial charge in [0.05, 0.1) is 11.4 Å². The number of halogens is 1. The Balaban J connectivity index is 1.55. The monoisotopic (exact) mass is 342 g/mol. The Morgan fingerprint density at radius 3 is 2.35 bits per heavy atom. The third kappa shape index (κ3) is 3.57. The van der Waals surface area contributed by atoms with E-state index in [9.17, 15) is 4.39 Å². The number of rotatable bonds is 4. The minimum Gasteiger partial charge on any atom is -0.325 e. The molecule has 0 atom stereocenters. The molecule has 0 saturated heterocycles. The van der Waals surface area contributed by atoms with Gasteiger partial charge in [-0.25, -0.2) is 14.4 Å². The summed E-state index contributed by atoms with van der Waals surface area (Å²) < 4.78 is 13.4. The fourth-order valence-electron chi connectivity index (χ4n) is 2.60. The van der Waals surface area contributed by atoms with E-state index in [1.807, 2.05) is 54.6 Å². The van der Waals surface area contributed by atoms with Gasteiger partial charge < -0.3 is 5.32 Å². The Hall–Kier alpha value is -3.60. The number of benzene rings is 1. The van der Waals surface area contributed by atoms with Crippen LogP contribution in [0.2, 0.25) is 0 Å². The van der Waals surface area contributed by atoms with Crippen LogP contribution in [0.25, 0.3) is 22.5 Å². The molecule has 0 unspecified atom stereocenters. The van der Waals surface area contributed by atoms with Crippen molar-refractivity contribution in [2.75, 3.05) is 5.32 Å². The Labute approximate surface area is 150 Å².